The number of rotatable bonds is 5. The Kier molecular flexibility index (Phi) is 4.74. The van der Waals surface area contributed by atoms with Gasteiger partial charge in [0.05, 0.1) is 4.90 Å². The van der Waals surface area contributed by atoms with Crippen LogP contribution >= 0.6 is 0 Å². The molecule has 1 aliphatic heterocycles. The lowest BCUT2D eigenvalue weighted by molar-refractivity contribution is 0.0963. The van der Waals surface area contributed by atoms with Crippen molar-refractivity contribution in [2.75, 3.05) is 20.1 Å². The smallest absolute Gasteiger partial charge is 0.251 e. The summed E-state index contributed by atoms with van der Waals surface area (Å²) in [5.41, 5.74) is 0.434. The Bertz CT molecular complexity index is 563. The molecule has 0 aliphatic carbocycles. The fourth-order valence-corrected chi connectivity index (χ4v) is 3.24. The van der Waals surface area contributed by atoms with Crippen LogP contribution in [0.4, 0.5) is 0 Å². The zero-order chi connectivity index (χ0) is 14.6. The van der Waals surface area contributed by atoms with Gasteiger partial charge < -0.3 is 10.6 Å². The molecule has 0 saturated carbocycles. The fraction of sp³-hybridized carbons (Fsp3) is 0.462. The first-order valence-corrected chi connectivity index (χ1v) is 8.06. The molecule has 110 valence electrons. The van der Waals surface area contributed by atoms with Crippen molar-refractivity contribution in [1.82, 2.24) is 15.4 Å². The second kappa shape index (κ2) is 6.34. The highest BCUT2D eigenvalue weighted by Gasteiger charge is 2.19. The molecule has 2 rings (SSSR count). The van der Waals surface area contributed by atoms with E-state index in [9.17, 15) is 13.2 Å². The minimum Gasteiger partial charge on any atom is -0.355 e. The molecule has 1 atom stereocenters. The number of carbonyl (C=O) groups is 1. The monoisotopic (exact) mass is 297 g/mol. The third-order valence-electron chi connectivity index (χ3n) is 3.34. The van der Waals surface area contributed by atoms with Gasteiger partial charge in [0.1, 0.15) is 0 Å². The molecule has 20 heavy (non-hydrogen) atoms. The Morgan fingerprint density at radius 2 is 2.05 bits per heavy atom. The zero-order valence-corrected chi connectivity index (χ0v) is 12.2. The van der Waals surface area contributed by atoms with Crippen LogP contribution in [0.1, 0.15) is 23.2 Å². The predicted molar refractivity (Wildman–Crippen MR) is 76.0 cm³/mol. The number of nitrogens with one attached hydrogen (secondary N) is 3. The molecule has 1 amide bonds. The lowest BCUT2D eigenvalue weighted by atomic mass is 10.2. The van der Waals surface area contributed by atoms with Crippen molar-refractivity contribution in [3.05, 3.63) is 29.8 Å². The Labute approximate surface area is 119 Å². The van der Waals surface area contributed by atoms with Crippen molar-refractivity contribution in [1.29, 1.82) is 0 Å². The molecule has 0 radical (unpaired) electrons. The van der Waals surface area contributed by atoms with E-state index in [-0.39, 0.29) is 16.8 Å². The third kappa shape index (κ3) is 3.56. The van der Waals surface area contributed by atoms with Crippen LogP contribution in [-0.4, -0.2) is 40.5 Å². The number of hydrogen-bond acceptors (Lipinski definition) is 4. The van der Waals surface area contributed by atoms with E-state index in [0.717, 1.165) is 19.4 Å². The molecule has 3 N–H and O–H groups in total. The zero-order valence-electron chi connectivity index (χ0n) is 11.3. The number of sulfonamides is 1. The van der Waals surface area contributed by atoms with Crippen LogP contribution in [0.3, 0.4) is 0 Å². The van der Waals surface area contributed by atoms with E-state index in [4.69, 9.17) is 0 Å². The summed E-state index contributed by atoms with van der Waals surface area (Å²) < 4.78 is 26.8. The van der Waals surface area contributed by atoms with Crippen LogP contribution in [0.2, 0.25) is 0 Å². The van der Waals surface area contributed by atoms with E-state index in [1.165, 1.54) is 31.3 Å². The maximum absolute atomic E-state index is 12.1. The van der Waals surface area contributed by atoms with E-state index in [2.05, 4.69) is 15.4 Å². The van der Waals surface area contributed by atoms with Gasteiger partial charge in [0.25, 0.3) is 5.91 Å². The third-order valence-corrected chi connectivity index (χ3v) is 4.78. The minimum atomic E-state index is -3.52. The number of amides is 1. The van der Waals surface area contributed by atoms with E-state index in [1.807, 2.05) is 0 Å². The Hall–Kier alpha value is -1.44. The molecule has 0 aromatic heterocycles. The van der Waals surface area contributed by atoms with Crippen molar-refractivity contribution in [3.8, 4) is 0 Å². The molecule has 1 unspecified atom stereocenters. The van der Waals surface area contributed by atoms with Gasteiger partial charge in [-0.3, -0.25) is 4.79 Å². The summed E-state index contributed by atoms with van der Waals surface area (Å²) in [7, 11) is -1.99. The van der Waals surface area contributed by atoms with E-state index >= 15 is 0 Å². The van der Waals surface area contributed by atoms with Crippen LogP contribution in [0.15, 0.2) is 29.2 Å². The lowest BCUT2D eigenvalue weighted by Crippen LogP contribution is -2.37. The summed E-state index contributed by atoms with van der Waals surface area (Å²) in [6, 6.07) is 6.08. The highest BCUT2D eigenvalue weighted by Crippen LogP contribution is 2.11. The first-order valence-electron chi connectivity index (χ1n) is 6.58. The highest BCUT2D eigenvalue weighted by molar-refractivity contribution is 7.89. The van der Waals surface area contributed by atoms with Crippen LogP contribution in [0.25, 0.3) is 0 Å². The molecule has 0 spiro atoms. The SMILES string of the molecule is CNC(=O)c1ccc(S(=O)(=O)NCC2CCCN2)cc1. The van der Waals surface area contributed by atoms with E-state index < -0.39 is 10.0 Å². The standard InChI is InChI=1S/C13H19N3O3S/c1-14-13(17)10-4-6-12(7-5-10)20(18,19)16-9-11-3-2-8-15-11/h4-7,11,15-16H,2-3,8-9H2,1H3,(H,14,17). The molecule has 1 fully saturated rings. The van der Waals surface area contributed by atoms with Gasteiger partial charge in [-0.2, -0.15) is 0 Å². The number of benzene rings is 1. The van der Waals surface area contributed by atoms with Gasteiger partial charge in [-0.25, -0.2) is 13.1 Å². The summed E-state index contributed by atoms with van der Waals surface area (Å²) in [5, 5.41) is 5.72. The fourth-order valence-electron chi connectivity index (χ4n) is 2.15. The number of hydrogen-bond donors (Lipinski definition) is 3. The largest absolute Gasteiger partial charge is 0.355 e. The molecule has 1 aromatic carbocycles. The highest BCUT2D eigenvalue weighted by atomic mass is 32.2. The van der Waals surface area contributed by atoms with Gasteiger partial charge in [0.2, 0.25) is 10.0 Å². The molecule has 7 heteroatoms. The van der Waals surface area contributed by atoms with Crippen molar-refractivity contribution >= 4 is 15.9 Å². The average Bonchev–Trinajstić information content (AvgIpc) is 2.98. The van der Waals surface area contributed by atoms with Gasteiger partial charge >= 0.3 is 0 Å². The summed E-state index contributed by atoms with van der Waals surface area (Å²) in [5.74, 6) is -0.239. The minimum absolute atomic E-state index is 0.170. The maximum Gasteiger partial charge on any atom is 0.251 e. The first-order chi connectivity index (χ1) is 9.53. The first kappa shape index (κ1) is 15.0. The molecule has 1 heterocycles. The molecular formula is C13H19N3O3S. The van der Waals surface area contributed by atoms with Crippen LogP contribution in [0, 0.1) is 0 Å². The average molecular weight is 297 g/mol. The Morgan fingerprint density at radius 3 is 2.60 bits per heavy atom. The van der Waals surface area contributed by atoms with E-state index in [1.54, 1.807) is 0 Å². The maximum atomic E-state index is 12.1. The summed E-state index contributed by atoms with van der Waals surface area (Å²) in [6.07, 6.45) is 2.06. The van der Waals surface area contributed by atoms with Gasteiger partial charge in [0, 0.05) is 25.2 Å². The molecule has 1 saturated heterocycles. The summed E-state index contributed by atoms with van der Waals surface area (Å²) in [4.78, 5) is 11.6. The molecule has 1 aliphatic rings. The summed E-state index contributed by atoms with van der Waals surface area (Å²) in [6.45, 7) is 1.33. The van der Waals surface area contributed by atoms with Gasteiger partial charge in [0.15, 0.2) is 0 Å². The Balaban J connectivity index is 2.03. The van der Waals surface area contributed by atoms with Crippen LogP contribution < -0.4 is 15.4 Å². The van der Waals surface area contributed by atoms with Crippen molar-refractivity contribution in [2.45, 2.75) is 23.8 Å². The quantitative estimate of drug-likeness (QED) is 0.718. The van der Waals surface area contributed by atoms with Gasteiger partial charge in [-0.05, 0) is 43.7 Å². The Morgan fingerprint density at radius 1 is 1.35 bits per heavy atom. The van der Waals surface area contributed by atoms with E-state index in [0.29, 0.717) is 12.1 Å². The molecule has 1 aromatic rings. The second-order valence-electron chi connectivity index (χ2n) is 4.75. The molecule has 6 nitrogen and oxygen atoms in total. The van der Waals surface area contributed by atoms with Crippen LogP contribution in [-0.2, 0) is 10.0 Å². The lowest BCUT2D eigenvalue weighted by Gasteiger charge is -2.12. The van der Waals surface area contributed by atoms with Gasteiger partial charge in [-0.1, -0.05) is 0 Å². The normalized spacial score (nSPS) is 18.9. The second-order valence-corrected chi connectivity index (χ2v) is 6.52. The molecular weight excluding hydrogens is 278 g/mol. The van der Waals surface area contributed by atoms with Crippen LogP contribution in [0.5, 0.6) is 0 Å². The predicted octanol–water partition coefficient (Wildman–Crippen LogP) is 0.0765. The van der Waals surface area contributed by atoms with Crippen molar-refractivity contribution < 1.29 is 13.2 Å². The molecule has 0 bridgehead atoms. The topological polar surface area (TPSA) is 87.3 Å². The van der Waals surface area contributed by atoms with Crippen molar-refractivity contribution in [2.24, 2.45) is 0 Å². The number of carbonyl (C=O) groups excluding carboxylic acids is 1. The van der Waals surface area contributed by atoms with Crippen molar-refractivity contribution in [3.63, 3.8) is 0 Å². The van der Waals surface area contributed by atoms with Gasteiger partial charge in [-0.15, -0.1) is 0 Å². The summed E-state index contributed by atoms with van der Waals surface area (Å²) >= 11 is 0.